The van der Waals surface area contributed by atoms with E-state index >= 15 is 0 Å². The van der Waals surface area contributed by atoms with Gasteiger partial charge in [0.15, 0.2) is 0 Å². The van der Waals surface area contributed by atoms with Gasteiger partial charge in [0.2, 0.25) is 0 Å². The van der Waals surface area contributed by atoms with Gasteiger partial charge in [-0.25, -0.2) is 4.79 Å². The molecule has 1 unspecified atom stereocenters. The molecule has 31 heavy (non-hydrogen) atoms. The zero-order valence-electron chi connectivity index (χ0n) is 17.1. The quantitative estimate of drug-likeness (QED) is 0.461. The number of carbonyl (C=O) groups excluding carboxylic acids is 2. The Labute approximate surface area is 189 Å². The van der Waals surface area contributed by atoms with Crippen LogP contribution in [0.25, 0.3) is 0 Å². The van der Waals surface area contributed by atoms with Gasteiger partial charge < -0.3 is 14.8 Å². The molecule has 0 radical (unpaired) electrons. The zero-order chi connectivity index (χ0) is 21.8. The minimum Gasteiger partial charge on any atom is -0.491 e. The molecule has 0 spiro atoms. The second-order valence-electron chi connectivity index (χ2n) is 7.22. The number of amides is 3. The van der Waals surface area contributed by atoms with E-state index in [4.69, 9.17) is 9.47 Å². The number of rotatable bonds is 8. The van der Waals surface area contributed by atoms with Crippen LogP contribution in [0.2, 0.25) is 0 Å². The predicted octanol–water partition coefficient (Wildman–Crippen LogP) is 5.15. The summed E-state index contributed by atoms with van der Waals surface area (Å²) in [6.45, 7) is 4.45. The average Bonchev–Trinajstić information content (AvgIpc) is 3.32. The maximum absolute atomic E-state index is 12.0. The van der Waals surface area contributed by atoms with E-state index in [0.29, 0.717) is 6.61 Å². The monoisotopic (exact) mass is 454 g/mol. The lowest BCUT2D eigenvalue weighted by Gasteiger charge is -2.12. The number of carbonyl (C=O) groups is 2. The fourth-order valence-corrected chi connectivity index (χ4v) is 5.16. The molecule has 1 saturated heterocycles. The van der Waals surface area contributed by atoms with Gasteiger partial charge in [-0.15, -0.1) is 11.3 Å². The van der Waals surface area contributed by atoms with E-state index in [1.807, 2.05) is 73.8 Å². The lowest BCUT2D eigenvalue weighted by molar-refractivity contribution is -0.120. The molecule has 0 aliphatic carbocycles. The van der Waals surface area contributed by atoms with Crippen molar-refractivity contribution in [2.45, 2.75) is 42.4 Å². The highest BCUT2D eigenvalue weighted by molar-refractivity contribution is 7.99. The Balaban J connectivity index is 1.37. The largest absolute Gasteiger partial charge is 0.491 e. The second-order valence-corrected chi connectivity index (χ2v) is 9.28. The van der Waals surface area contributed by atoms with Crippen molar-refractivity contribution >= 4 is 35.0 Å². The summed E-state index contributed by atoms with van der Waals surface area (Å²) >= 11 is 3.00. The minimum absolute atomic E-state index is 0.129. The summed E-state index contributed by atoms with van der Waals surface area (Å²) in [5, 5.41) is 6.85. The first kappa shape index (κ1) is 21.3. The topological polar surface area (TPSA) is 76.7 Å². The smallest absolute Gasteiger partial charge is 0.322 e. The molecule has 2 aromatic carbocycles. The van der Waals surface area contributed by atoms with Gasteiger partial charge in [0.25, 0.3) is 5.91 Å². The van der Waals surface area contributed by atoms with Crippen LogP contribution in [0.4, 0.5) is 4.79 Å². The van der Waals surface area contributed by atoms with Crippen molar-refractivity contribution in [3.8, 4) is 11.5 Å². The van der Waals surface area contributed by atoms with Crippen molar-refractivity contribution in [2.24, 2.45) is 0 Å². The second kappa shape index (κ2) is 9.45. The van der Waals surface area contributed by atoms with Crippen LogP contribution >= 0.6 is 23.1 Å². The molecule has 1 aromatic heterocycles. The van der Waals surface area contributed by atoms with E-state index in [2.05, 4.69) is 10.6 Å². The first-order valence-corrected chi connectivity index (χ1v) is 11.5. The maximum atomic E-state index is 12.0. The number of hydrogen-bond donors (Lipinski definition) is 2. The number of urea groups is 1. The highest BCUT2D eigenvalue weighted by Crippen LogP contribution is 2.38. The van der Waals surface area contributed by atoms with Gasteiger partial charge in [-0.1, -0.05) is 23.9 Å². The summed E-state index contributed by atoms with van der Waals surface area (Å²) in [4.78, 5) is 26.2. The van der Waals surface area contributed by atoms with E-state index < -0.39 is 12.1 Å². The average molecular weight is 455 g/mol. The van der Waals surface area contributed by atoms with Crippen LogP contribution < -0.4 is 20.1 Å². The lowest BCUT2D eigenvalue weighted by atomic mass is 10.2. The summed E-state index contributed by atoms with van der Waals surface area (Å²) < 4.78 is 11.6. The molecule has 0 saturated carbocycles. The summed E-state index contributed by atoms with van der Waals surface area (Å²) in [7, 11) is 0. The molecule has 160 valence electrons. The SMILES string of the molecule is CC(C)Oc1cccc(COc2ccc(Sc3ccsc3C3NC(=O)NC3=O)cc2)c1. The zero-order valence-corrected chi connectivity index (χ0v) is 18.7. The molecule has 1 aliphatic rings. The Hall–Kier alpha value is -2.97. The van der Waals surface area contributed by atoms with Crippen LogP contribution in [0.5, 0.6) is 11.5 Å². The highest BCUT2D eigenvalue weighted by Gasteiger charge is 2.33. The van der Waals surface area contributed by atoms with Gasteiger partial charge in [0.05, 0.1) is 11.0 Å². The van der Waals surface area contributed by atoms with Crippen LogP contribution in [-0.2, 0) is 11.4 Å². The van der Waals surface area contributed by atoms with E-state index in [9.17, 15) is 9.59 Å². The third-order valence-corrected chi connectivity index (χ3v) is 6.62. The number of ether oxygens (including phenoxy) is 2. The Kier molecular flexibility index (Phi) is 6.48. The fraction of sp³-hybridized carbons (Fsp3) is 0.217. The van der Waals surface area contributed by atoms with E-state index in [-0.39, 0.29) is 12.0 Å². The molecule has 6 nitrogen and oxygen atoms in total. The normalized spacial score (nSPS) is 15.6. The molecule has 2 N–H and O–H groups in total. The number of hydrogen-bond acceptors (Lipinski definition) is 6. The Morgan fingerprint density at radius 1 is 1.06 bits per heavy atom. The maximum Gasteiger partial charge on any atom is 0.322 e. The summed E-state index contributed by atoms with van der Waals surface area (Å²) in [5.41, 5.74) is 1.04. The molecule has 8 heteroatoms. The van der Waals surface area contributed by atoms with Gasteiger partial charge in [-0.3, -0.25) is 10.1 Å². The van der Waals surface area contributed by atoms with Crippen molar-refractivity contribution in [1.29, 1.82) is 0 Å². The van der Waals surface area contributed by atoms with Crippen molar-refractivity contribution in [2.75, 3.05) is 0 Å². The molecule has 4 rings (SSSR count). The van der Waals surface area contributed by atoms with Crippen LogP contribution in [0.3, 0.4) is 0 Å². The molecular formula is C23H22N2O4S2. The Morgan fingerprint density at radius 2 is 1.87 bits per heavy atom. The van der Waals surface area contributed by atoms with Crippen molar-refractivity contribution in [3.05, 3.63) is 70.4 Å². The molecule has 1 fully saturated rings. The first-order valence-electron chi connectivity index (χ1n) is 9.83. The Bertz CT molecular complexity index is 1080. The minimum atomic E-state index is -0.631. The van der Waals surface area contributed by atoms with Crippen LogP contribution in [0.15, 0.2) is 69.8 Å². The highest BCUT2D eigenvalue weighted by atomic mass is 32.2. The summed E-state index contributed by atoms with van der Waals surface area (Å²) in [6.07, 6.45) is 0.129. The Morgan fingerprint density at radius 3 is 2.58 bits per heavy atom. The number of thiophene rings is 1. The van der Waals surface area contributed by atoms with Crippen molar-refractivity contribution in [1.82, 2.24) is 10.6 Å². The van der Waals surface area contributed by atoms with Gasteiger partial charge in [0, 0.05) is 9.79 Å². The van der Waals surface area contributed by atoms with E-state index in [1.54, 1.807) is 11.8 Å². The van der Waals surface area contributed by atoms with Crippen molar-refractivity contribution < 1.29 is 19.1 Å². The molecule has 0 bridgehead atoms. The molecule has 3 aromatic rings. The van der Waals surface area contributed by atoms with Crippen LogP contribution in [0, 0.1) is 0 Å². The van der Waals surface area contributed by atoms with E-state index in [1.165, 1.54) is 11.3 Å². The number of nitrogens with one attached hydrogen (secondary N) is 2. The molecule has 3 amide bonds. The van der Waals surface area contributed by atoms with E-state index in [0.717, 1.165) is 31.7 Å². The third-order valence-electron chi connectivity index (χ3n) is 4.42. The van der Waals surface area contributed by atoms with Crippen molar-refractivity contribution in [3.63, 3.8) is 0 Å². The van der Waals surface area contributed by atoms with Crippen LogP contribution in [-0.4, -0.2) is 18.0 Å². The summed E-state index contributed by atoms with van der Waals surface area (Å²) in [5.74, 6) is 1.29. The third kappa shape index (κ3) is 5.39. The van der Waals surface area contributed by atoms with Gasteiger partial charge in [-0.05, 0) is 67.3 Å². The van der Waals surface area contributed by atoms with Gasteiger partial charge in [-0.2, -0.15) is 0 Å². The predicted molar refractivity (Wildman–Crippen MR) is 121 cm³/mol. The first-order chi connectivity index (χ1) is 15.0. The number of imide groups is 1. The standard InChI is InChI=1S/C23H22N2O4S2/c1-14(2)29-17-5-3-4-15(12-17)13-28-16-6-8-18(9-7-16)31-19-10-11-30-21(19)20-22(26)25-23(27)24-20/h3-12,14,20H,13H2,1-2H3,(H2,24,25,26,27). The van der Waals surface area contributed by atoms with Gasteiger partial charge in [0.1, 0.15) is 24.1 Å². The lowest BCUT2D eigenvalue weighted by Crippen LogP contribution is -2.22. The number of benzene rings is 2. The fourth-order valence-electron chi connectivity index (χ4n) is 3.08. The molecular weight excluding hydrogens is 432 g/mol. The summed E-state index contributed by atoms with van der Waals surface area (Å²) in [6, 6.07) is 16.6. The molecule has 1 aliphatic heterocycles. The molecule has 1 atom stereocenters. The van der Waals surface area contributed by atoms with Crippen LogP contribution in [0.1, 0.15) is 30.3 Å². The molecule has 2 heterocycles. The van der Waals surface area contributed by atoms with Gasteiger partial charge >= 0.3 is 6.03 Å².